The molecule has 1 N–H and O–H groups in total. The average Bonchev–Trinajstić information content (AvgIpc) is 2.46. The minimum atomic E-state index is 0.463. The van der Waals surface area contributed by atoms with E-state index < -0.39 is 0 Å². The highest BCUT2D eigenvalue weighted by atomic mass is 16.5. The minimum absolute atomic E-state index is 0.463. The van der Waals surface area contributed by atoms with E-state index in [0.29, 0.717) is 12.0 Å². The fraction of sp³-hybridized carbons (Fsp3) is 0.647. The Morgan fingerprint density at radius 2 is 2.10 bits per heavy atom. The van der Waals surface area contributed by atoms with Gasteiger partial charge in [-0.2, -0.15) is 0 Å². The molecule has 2 atom stereocenters. The Labute approximate surface area is 123 Å². The lowest BCUT2D eigenvalue weighted by Crippen LogP contribution is -2.40. The molecule has 0 radical (unpaired) electrons. The third-order valence-electron chi connectivity index (χ3n) is 4.20. The van der Waals surface area contributed by atoms with Crippen molar-refractivity contribution in [2.75, 3.05) is 33.3 Å². The Kier molecular flexibility index (Phi) is 5.86. The van der Waals surface area contributed by atoms with Crippen LogP contribution in [0.25, 0.3) is 0 Å². The Morgan fingerprint density at radius 1 is 1.30 bits per heavy atom. The van der Waals surface area contributed by atoms with Gasteiger partial charge in [0.25, 0.3) is 0 Å². The average molecular weight is 276 g/mol. The van der Waals surface area contributed by atoms with Crippen molar-refractivity contribution in [3.63, 3.8) is 0 Å². The first-order valence-electron chi connectivity index (χ1n) is 7.90. The smallest absolute Gasteiger partial charge is 0.124 e. The van der Waals surface area contributed by atoms with E-state index in [-0.39, 0.29) is 0 Å². The lowest BCUT2D eigenvalue weighted by Gasteiger charge is -2.40. The largest absolute Gasteiger partial charge is 0.494 e. The van der Waals surface area contributed by atoms with E-state index in [1.165, 1.54) is 24.9 Å². The van der Waals surface area contributed by atoms with Gasteiger partial charge in [-0.15, -0.1) is 0 Å². The maximum absolute atomic E-state index is 5.84. The maximum Gasteiger partial charge on any atom is 0.124 e. The van der Waals surface area contributed by atoms with Gasteiger partial charge in [-0.25, -0.2) is 0 Å². The highest BCUT2D eigenvalue weighted by Crippen LogP contribution is 2.38. The van der Waals surface area contributed by atoms with Crippen LogP contribution in [0.5, 0.6) is 5.75 Å². The number of ether oxygens (including phenoxy) is 1. The molecule has 0 saturated carbocycles. The number of benzene rings is 1. The van der Waals surface area contributed by atoms with Crippen LogP contribution in [0, 0.1) is 5.92 Å². The van der Waals surface area contributed by atoms with Gasteiger partial charge in [0.1, 0.15) is 5.75 Å². The zero-order valence-corrected chi connectivity index (χ0v) is 13.1. The summed E-state index contributed by atoms with van der Waals surface area (Å²) in [5, 5.41) is 3.52. The number of nitrogens with zero attached hydrogens (tertiary/aromatic N) is 1. The summed E-state index contributed by atoms with van der Waals surface area (Å²) < 4.78 is 5.84. The Hall–Kier alpha value is -1.06. The van der Waals surface area contributed by atoms with E-state index in [2.05, 4.69) is 55.4 Å². The van der Waals surface area contributed by atoms with E-state index in [1.54, 1.807) is 0 Å². The summed E-state index contributed by atoms with van der Waals surface area (Å²) >= 11 is 0. The highest BCUT2D eigenvalue weighted by Gasteiger charge is 2.31. The molecule has 1 heterocycles. The maximum atomic E-state index is 5.84. The van der Waals surface area contributed by atoms with E-state index in [4.69, 9.17) is 4.74 Å². The second kappa shape index (κ2) is 7.65. The summed E-state index contributed by atoms with van der Waals surface area (Å²) in [5.74, 6) is 1.71. The Morgan fingerprint density at radius 3 is 2.85 bits per heavy atom. The molecule has 0 spiro atoms. The van der Waals surface area contributed by atoms with Crippen molar-refractivity contribution in [3.8, 4) is 5.75 Å². The molecular formula is C17H28N2O. The number of piperidine rings is 1. The highest BCUT2D eigenvalue weighted by molar-refractivity contribution is 5.36. The van der Waals surface area contributed by atoms with Crippen molar-refractivity contribution in [2.45, 2.75) is 32.7 Å². The molecule has 1 aromatic rings. The van der Waals surface area contributed by atoms with Gasteiger partial charge in [-0.3, -0.25) is 4.90 Å². The predicted molar refractivity (Wildman–Crippen MR) is 84.2 cm³/mol. The van der Waals surface area contributed by atoms with Gasteiger partial charge in [0, 0.05) is 11.6 Å². The lowest BCUT2D eigenvalue weighted by molar-refractivity contribution is 0.117. The van der Waals surface area contributed by atoms with Crippen LogP contribution in [0.2, 0.25) is 0 Å². The Bertz CT molecular complexity index is 408. The van der Waals surface area contributed by atoms with E-state index in [0.717, 1.165) is 25.4 Å². The monoisotopic (exact) mass is 276 g/mol. The number of hydrogen-bond acceptors (Lipinski definition) is 3. The summed E-state index contributed by atoms with van der Waals surface area (Å²) in [4.78, 5) is 2.49. The van der Waals surface area contributed by atoms with Crippen LogP contribution in [0.3, 0.4) is 0 Å². The molecule has 0 amide bonds. The van der Waals surface area contributed by atoms with E-state index in [1.807, 2.05) is 0 Å². The van der Waals surface area contributed by atoms with Crippen molar-refractivity contribution in [1.82, 2.24) is 10.2 Å². The summed E-state index contributed by atoms with van der Waals surface area (Å²) in [5.41, 5.74) is 1.35. The van der Waals surface area contributed by atoms with Gasteiger partial charge < -0.3 is 10.1 Å². The predicted octanol–water partition coefficient (Wildman–Crippen LogP) is 3.08. The van der Waals surface area contributed by atoms with Gasteiger partial charge in [0.15, 0.2) is 0 Å². The van der Waals surface area contributed by atoms with Crippen LogP contribution in [0.1, 0.15) is 38.3 Å². The van der Waals surface area contributed by atoms with Crippen LogP contribution in [-0.4, -0.2) is 38.2 Å². The van der Waals surface area contributed by atoms with Crippen molar-refractivity contribution >= 4 is 0 Å². The lowest BCUT2D eigenvalue weighted by atomic mass is 9.84. The standard InChI is InChI=1S/C17H28N2O/c1-4-18-13-14-9-8-12-19(3)17(14)15-10-6-7-11-16(15)20-5-2/h6-7,10-11,14,17-18H,4-5,8-9,12-13H2,1-3H3. The molecule has 1 aliphatic heterocycles. The van der Waals surface area contributed by atoms with E-state index >= 15 is 0 Å². The molecule has 1 aromatic carbocycles. The molecule has 0 bridgehead atoms. The SMILES string of the molecule is CCNCC1CCCN(C)C1c1ccccc1OCC. The summed E-state index contributed by atoms with van der Waals surface area (Å²) in [7, 11) is 2.24. The van der Waals surface area contributed by atoms with Crippen LogP contribution < -0.4 is 10.1 Å². The number of rotatable bonds is 6. The zero-order valence-electron chi connectivity index (χ0n) is 13.1. The van der Waals surface area contributed by atoms with Crippen molar-refractivity contribution < 1.29 is 4.74 Å². The topological polar surface area (TPSA) is 24.5 Å². The first-order valence-corrected chi connectivity index (χ1v) is 7.90. The van der Waals surface area contributed by atoms with Gasteiger partial charge in [-0.1, -0.05) is 25.1 Å². The third kappa shape index (κ3) is 3.53. The van der Waals surface area contributed by atoms with Crippen LogP contribution in [-0.2, 0) is 0 Å². The van der Waals surface area contributed by atoms with Crippen LogP contribution >= 0.6 is 0 Å². The third-order valence-corrected chi connectivity index (χ3v) is 4.20. The van der Waals surface area contributed by atoms with Gasteiger partial charge in [-0.05, 0) is 58.4 Å². The van der Waals surface area contributed by atoms with Crippen LogP contribution in [0.4, 0.5) is 0 Å². The number of likely N-dealkylation sites (tertiary alicyclic amines) is 1. The first-order chi connectivity index (χ1) is 9.77. The molecule has 3 nitrogen and oxygen atoms in total. The summed E-state index contributed by atoms with van der Waals surface area (Å²) in [6, 6.07) is 8.99. The van der Waals surface area contributed by atoms with Gasteiger partial charge in [0.2, 0.25) is 0 Å². The molecule has 112 valence electrons. The minimum Gasteiger partial charge on any atom is -0.494 e. The molecule has 2 unspecified atom stereocenters. The molecule has 2 rings (SSSR count). The number of nitrogens with one attached hydrogen (secondary N) is 1. The van der Waals surface area contributed by atoms with E-state index in [9.17, 15) is 0 Å². The molecule has 1 saturated heterocycles. The molecule has 3 heteroatoms. The number of hydrogen-bond donors (Lipinski definition) is 1. The van der Waals surface area contributed by atoms with Gasteiger partial charge >= 0.3 is 0 Å². The second-order valence-electron chi connectivity index (χ2n) is 5.61. The fourth-order valence-corrected chi connectivity index (χ4v) is 3.31. The molecule has 1 fully saturated rings. The normalized spacial score (nSPS) is 23.8. The zero-order chi connectivity index (χ0) is 14.4. The number of para-hydroxylation sites is 1. The van der Waals surface area contributed by atoms with Crippen LogP contribution in [0.15, 0.2) is 24.3 Å². The molecular weight excluding hydrogens is 248 g/mol. The quantitative estimate of drug-likeness (QED) is 0.864. The second-order valence-corrected chi connectivity index (χ2v) is 5.61. The molecule has 0 aromatic heterocycles. The van der Waals surface area contributed by atoms with Crippen molar-refractivity contribution in [3.05, 3.63) is 29.8 Å². The Balaban J connectivity index is 2.25. The van der Waals surface area contributed by atoms with Crippen molar-refractivity contribution in [2.24, 2.45) is 5.92 Å². The molecule has 1 aliphatic rings. The first kappa shape index (κ1) is 15.3. The van der Waals surface area contributed by atoms with Crippen molar-refractivity contribution in [1.29, 1.82) is 0 Å². The summed E-state index contributed by atoms with van der Waals surface area (Å²) in [6.07, 6.45) is 2.59. The van der Waals surface area contributed by atoms with Gasteiger partial charge in [0.05, 0.1) is 6.61 Å². The summed E-state index contributed by atoms with van der Waals surface area (Å²) in [6.45, 7) is 8.26. The molecule has 0 aliphatic carbocycles. The molecule has 20 heavy (non-hydrogen) atoms. The fourth-order valence-electron chi connectivity index (χ4n) is 3.31.